The minimum Gasteiger partial charge on any atom is -0.325 e. The zero-order chi connectivity index (χ0) is 20.9. The van der Waals surface area contributed by atoms with Gasteiger partial charge in [-0.25, -0.2) is 13.1 Å². The van der Waals surface area contributed by atoms with Crippen LogP contribution in [0.4, 0.5) is 5.69 Å². The summed E-state index contributed by atoms with van der Waals surface area (Å²) in [5.41, 5.74) is 1.80. The summed E-state index contributed by atoms with van der Waals surface area (Å²) in [4.78, 5) is 15.2. The lowest BCUT2D eigenvalue weighted by molar-refractivity contribution is -0.116. The van der Waals surface area contributed by atoms with Crippen molar-refractivity contribution in [3.63, 3.8) is 0 Å². The van der Waals surface area contributed by atoms with Crippen LogP contribution in [0.5, 0.6) is 0 Å². The normalized spacial score (nSPS) is 16.9. The molecule has 2 aromatic carbocycles. The summed E-state index contributed by atoms with van der Waals surface area (Å²) in [6.45, 7) is 3.96. The van der Waals surface area contributed by atoms with Crippen molar-refractivity contribution in [2.24, 2.45) is 0 Å². The maximum Gasteiger partial charge on any atom is 0.240 e. The minimum absolute atomic E-state index is 0.0901. The summed E-state index contributed by atoms with van der Waals surface area (Å²) in [5, 5.41) is 2.97. The highest BCUT2D eigenvalue weighted by atomic mass is 32.2. The number of anilines is 1. The number of nitrogens with one attached hydrogen (secondary N) is 2. The number of rotatable bonds is 8. The third kappa shape index (κ3) is 6.30. The Morgan fingerprint density at radius 3 is 2.72 bits per heavy atom. The smallest absolute Gasteiger partial charge is 0.240 e. The molecule has 3 rings (SSSR count). The Balaban J connectivity index is 1.54. The molecule has 8 heteroatoms. The first-order chi connectivity index (χ1) is 13.8. The number of sulfonamides is 1. The predicted octanol–water partition coefficient (Wildman–Crippen LogP) is 3.31. The molecule has 2 N–H and O–H groups in total. The fourth-order valence-corrected chi connectivity index (χ4v) is 5.36. The van der Waals surface area contributed by atoms with Crippen LogP contribution in [0.15, 0.2) is 58.3 Å². The molecule has 0 fully saturated rings. The molecule has 0 aromatic heterocycles. The van der Waals surface area contributed by atoms with Gasteiger partial charge in [-0.1, -0.05) is 37.3 Å². The maximum absolute atomic E-state index is 12.6. The van der Waals surface area contributed by atoms with Crippen molar-refractivity contribution in [2.75, 3.05) is 25.5 Å². The van der Waals surface area contributed by atoms with Crippen LogP contribution < -0.4 is 10.0 Å². The Bertz CT molecular complexity index is 949. The van der Waals surface area contributed by atoms with Gasteiger partial charge in [-0.3, -0.25) is 4.79 Å². The van der Waals surface area contributed by atoms with Crippen molar-refractivity contribution in [3.8, 4) is 0 Å². The topological polar surface area (TPSA) is 78.5 Å². The van der Waals surface area contributed by atoms with Crippen LogP contribution in [-0.2, 0) is 21.4 Å². The SMILES string of the molecule is C[C@H]1CC(=O)Nc2cc(S(=O)(=O)NCCCN(C)Cc3ccccc3)ccc2S1. The Kier molecular flexibility index (Phi) is 7.34. The summed E-state index contributed by atoms with van der Waals surface area (Å²) in [6.07, 6.45) is 1.12. The number of nitrogens with zero attached hydrogens (tertiary/aromatic N) is 1. The minimum atomic E-state index is -3.62. The van der Waals surface area contributed by atoms with Gasteiger partial charge in [0, 0.05) is 29.7 Å². The van der Waals surface area contributed by atoms with E-state index in [9.17, 15) is 13.2 Å². The first-order valence-electron chi connectivity index (χ1n) is 9.66. The molecular weight excluding hydrogens is 406 g/mol. The summed E-state index contributed by atoms with van der Waals surface area (Å²) >= 11 is 1.58. The molecule has 0 aliphatic carbocycles. The van der Waals surface area contributed by atoms with Gasteiger partial charge < -0.3 is 10.2 Å². The van der Waals surface area contributed by atoms with Gasteiger partial charge >= 0.3 is 0 Å². The molecule has 29 heavy (non-hydrogen) atoms. The molecule has 0 unspecified atom stereocenters. The van der Waals surface area contributed by atoms with Crippen LogP contribution >= 0.6 is 11.8 Å². The number of thioether (sulfide) groups is 1. The van der Waals surface area contributed by atoms with E-state index in [1.165, 1.54) is 5.56 Å². The molecule has 1 aliphatic rings. The van der Waals surface area contributed by atoms with Gasteiger partial charge in [0.15, 0.2) is 0 Å². The monoisotopic (exact) mass is 433 g/mol. The van der Waals surface area contributed by atoms with Crippen molar-refractivity contribution in [1.29, 1.82) is 0 Å². The molecule has 0 spiro atoms. The average Bonchev–Trinajstić information content (AvgIpc) is 2.81. The van der Waals surface area contributed by atoms with Crippen LogP contribution in [0.2, 0.25) is 0 Å². The van der Waals surface area contributed by atoms with Gasteiger partial charge in [0.2, 0.25) is 15.9 Å². The van der Waals surface area contributed by atoms with E-state index in [0.29, 0.717) is 25.1 Å². The van der Waals surface area contributed by atoms with Gasteiger partial charge in [0.1, 0.15) is 0 Å². The Labute approximate surface area is 177 Å². The van der Waals surface area contributed by atoms with E-state index in [0.717, 1.165) is 18.0 Å². The van der Waals surface area contributed by atoms with Gasteiger partial charge in [-0.05, 0) is 43.8 Å². The van der Waals surface area contributed by atoms with E-state index in [2.05, 4.69) is 27.1 Å². The standard InChI is InChI=1S/C21H27N3O3S2/c1-16-13-21(25)23-19-14-18(9-10-20(19)28-16)29(26,27)22-11-6-12-24(2)15-17-7-4-3-5-8-17/h3-5,7-10,14,16,22H,6,11-13,15H2,1-2H3,(H,23,25)/t16-/m0/s1. The third-order valence-corrected chi connectivity index (χ3v) is 7.28. The first kappa shape index (κ1) is 21.8. The second-order valence-corrected chi connectivity index (χ2v) is 10.6. The van der Waals surface area contributed by atoms with Crippen LogP contribution in [0, 0.1) is 0 Å². The summed E-state index contributed by atoms with van der Waals surface area (Å²) in [5.74, 6) is -0.0901. The molecule has 0 saturated carbocycles. The molecular formula is C21H27N3O3S2. The van der Waals surface area contributed by atoms with Gasteiger partial charge in [-0.2, -0.15) is 0 Å². The number of carbonyl (C=O) groups excluding carboxylic acids is 1. The van der Waals surface area contributed by atoms with Crippen LogP contribution in [0.25, 0.3) is 0 Å². The summed E-state index contributed by atoms with van der Waals surface area (Å²) in [6, 6.07) is 15.1. The summed E-state index contributed by atoms with van der Waals surface area (Å²) < 4.78 is 27.9. The van der Waals surface area contributed by atoms with Crippen LogP contribution in [0.1, 0.15) is 25.3 Å². The van der Waals surface area contributed by atoms with E-state index in [1.807, 2.05) is 32.2 Å². The molecule has 1 heterocycles. The number of benzene rings is 2. The molecule has 6 nitrogen and oxygen atoms in total. The highest BCUT2D eigenvalue weighted by Gasteiger charge is 2.22. The number of hydrogen-bond donors (Lipinski definition) is 2. The van der Waals surface area contributed by atoms with Crippen molar-refractivity contribution >= 4 is 33.4 Å². The first-order valence-corrected chi connectivity index (χ1v) is 12.0. The number of amides is 1. The fraction of sp³-hybridized carbons (Fsp3) is 0.381. The highest BCUT2D eigenvalue weighted by Crippen LogP contribution is 2.36. The third-order valence-electron chi connectivity index (χ3n) is 4.64. The molecule has 0 saturated heterocycles. The van der Waals surface area contributed by atoms with Crippen molar-refractivity contribution in [3.05, 3.63) is 54.1 Å². The largest absolute Gasteiger partial charge is 0.325 e. The summed E-state index contributed by atoms with van der Waals surface area (Å²) in [7, 11) is -1.60. The van der Waals surface area contributed by atoms with Gasteiger partial charge in [-0.15, -0.1) is 11.8 Å². The van der Waals surface area contributed by atoms with E-state index in [4.69, 9.17) is 0 Å². The van der Waals surface area contributed by atoms with E-state index >= 15 is 0 Å². The van der Waals surface area contributed by atoms with Gasteiger partial charge in [0.25, 0.3) is 0 Å². The predicted molar refractivity (Wildman–Crippen MR) is 118 cm³/mol. The maximum atomic E-state index is 12.6. The van der Waals surface area contributed by atoms with Crippen molar-refractivity contribution < 1.29 is 13.2 Å². The Morgan fingerprint density at radius 1 is 1.21 bits per heavy atom. The molecule has 1 atom stereocenters. The average molecular weight is 434 g/mol. The van der Waals surface area contributed by atoms with Crippen LogP contribution in [0.3, 0.4) is 0 Å². The molecule has 1 amide bonds. The second-order valence-electron chi connectivity index (χ2n) is 7.31. The highest BCUT2D eigenvalue weighted by molar-refractivity contribution is 8.00. The van der Waals surface area contributed by atoms with E-state index < -0.39 is 10.0 Å². The van der Waals surface area contributed by atoms with E-state index in [-0.39, 0.29) is 16.1 Å². The molecule has 0 bridgehead atoms. The molecule has 156 valence electrons. The van der Waals surface area contributed by atoms with Gasteiger partial charge in [0.05, 0.1) is 10.6 Å². The Morgan fingerprint density at radius 2 is 1.97 bits per heavy atom. The molecule has 2 aromatic rings. The zero-order valence-corrected chi connectivity index (χ0v) is 18.4. The zero-order valence-electron chi connectivity index (χ0n) is 16.7. The van der Waals surface area contributed by atoms with Crippen LogP contribution in [-0.4, -0.2) is 44.6 Å². The number of fused-ring (bicyclic) bond motifs is 1. The van der Waals surface area contributed by atoms with E-state index in [1.54, 1.807) is 30.0 Å². The lowest BCUT2D eigenvalue weighted by Gasteiger charge is -2.17. The van der Waals surface area contributed by atoms with Crippen molar-refractivity contribution in [1.82, 2.24) is 9.62 Å². The van der Waals surface area contributed by atoms with Crippen molar-refractivity contribution in [2.45, 2.75) is 41.4 Å². The second kappa shape index (κ2) is 9.75. The number of hydrogen-bond acceptors (Lipinski definition) is 5. The quantitative estimate of drug-likeness (QED) is 0.625. The fourth-order valence-electron chi connectivity index (χ4n) is 3.21. The Hall–Kier alpha value is -1.87. The lowest BCUT2D eigenvalue weighted by atomic mass is 10.2. The lowest BCUT2D eigenvalue weighted by Crippen LogP contribution is -2.28. The molecule has 1 aliphatic heterocycles. The molecule has 0 radical (unpaired) electrons. The number of carbonyl (C=O) groups is 1.